The summed E-state index contributed by atoms with van der Waals surface area (Å²) in [6, 6.07) is 9.51. The third kappa shape index (κ3) is 5.52. The Morgan fingerprint density at radius 3 is 2.90 bits per heavy atom. The largest absolute Gasteiger partial charge is 0.332 e. The standard InChI is InChI=1S/C21H24N6S2/c1-14(2)19-18(23-7-8-24-19)11-15(3)25-21-27(9-10-29-21)20(28)26-17-6-4-5-16(12-17)13-22/h4-8,12,14-15H,9-11H2,1-3H3,(H,26,28)/b25-21-. The second-order valence-electron chi connectivity index (χ2n) is 7.13. The zero-order valence-corrected chi connectivity index (χ0v) is 18.4. The minimum atomic E-state index is 0.0667. The van der Waals surface area contributed by atoms with Gasteiger partial charge in [-0.15, -0.1) is 0 Å². The highest BCUT2D eigenvalue weighted by Gasteiger charge is 2.24. The van der Waals surface area contributed by atoms with E-state index in [9.17, 15) is 0 Å². The van der Waals surface area contributed by atoms with E-state index in [0.29, 0.717) is 16.6 Å². The smallest absolute Gasteiger partial charge is 0.179 e. The van der Waals surface area contributed by atoms with Gasteiger partial charge in [0, 0.05) is 36.8 Å². The van der Waals surface area contributed by atoms with E-state index in [0.717, 1.165) is 41.0 Å². The second-order valence-corrected chi connectivity index (χ2v) is 8.58. The van der Waals surface area contributed by atoms with Crippen molar-refractivity contribution >= 4 is 39.9 Å². The van der Waals surface area contributed by atoms with Gasteiger partial charge < -0.3 is 5.32 Å². The van der Waals surface area contributed by atoms with Gasteiger partial charge in [0.25, 0.3) is 0 Å². The van der Waals surface area contributed by atoms with Gasteiger partial charge in [0.2, 0.25) is 0 Å². The van der Waals surface area contributed by atoms with Crippen LogP contribution >= 0.6 is 24.0 Å². The monoisotopic (exact) mass is 424 g/mol. The third-order valence-corrected chi connectivity index (χ3v) is 5.73. The Morgan fingerprint density at radius 2 is 2.14 bits per heavy atom. The summed E-state index contributed by atoms with van der Waals surface area (Å²) in [6.45, 7) is 7.16. The van der Waals surface area contributed by atoms with Crippen molar-refractivity contribution < 1.29 is 0 Å². The van der Waals surface area contributed by atoms with E-state index >= 15 is 0 Å². The minimum absolute atomic E-state index is 0.0667. The number of aliphatic imine (C=N–C) groups is 1. The second kappa shape index (κ2) is 9.81. The molecule has 0 radical (unpaired) electrons. The summed E-state index contributed by atoms with van der Waals surface area (Å²) in [7, 11) is 0. The maximum absolute atomic E-state index is 9.07. The molecule has 1 aliphatic rings. The topological polar surface area (TPSA) is 77.2 Å². The number of nitrogens with one attached hydrogen (secondary N) is 1. The Balaban J connectivity index is 1.70. The lowest BCUT2D eigenvalue weighted by Gasteiger charge is -2.21. The van der Waals surface area contributed by atoms with Crippen LogP contribution in [0.15, 0.2) is 41.7 Å². The Labute approximate surface area is 181 Å². The Bertz CT molecular complexity index is 950. The molecular formula is C21H24N6S2. The highest BCUT2D eigenvalue weighted by atomic mass is 32.2. The lowest BCUT2D eigenvalue weighted by atomic mass is 10.0. The maximum atomic E-state index is 9.07. The van der Waals surface area contributed by atoms with E-state index in [2.05, 4.69) is 42.1 Å². The van der Waals surface area contributed by atoms with Crippen molar-refractivity contribution in [3.8, 4) is 6.07 Å². The van der Waals surface area contributed by atoms with E-state index in [4.69, 9.17) is 22.5 Å². The van der Waals surface area contributed by atoms with Gasteiger partial charge in [0.15, 0.2) is 10.3 Å². The van der Waals surface area contributed by atoms with Crippen molar-refractivity contribution in [3.05, 3.63) is 53.6 Å². The molecule has 1 fully saturated rings. The van der Waals surface area contributed by atoms with Crippen molar-refractivity contribution in [1.29, 1.82) is 5.26 Å². The van der Waals surface area contributed by atoms with Crippen LogP contribution in [-0.2, 0) is 6.42 Å². The maximum Gasteiger partial charge on any atom is 0.179 e. The molecule has 8 heteroatoms. The number of aromatic nitrogens is 2. The van der Waals surface area contributed by atoms with E-state index in [-0.39, 0.29) is 6.04 Å². The number of benzene rings is 1. The fraction of sp³-hybridized carbons (Fsp3) is 0.381. The molecular weight excluding hydrogens is 400 g/mol. The number of thiocarbonyl (C=S) groups is 1. The quantitative estimate of drug-likeness (QED) is 0.721. The summed E-state index contributed by atoms with van der Waals surface area (Å²) in [5, 5.41) is 13.8. The Morgan fingerprint density at radius 1 is 1.34 bits per heavy atom. The fourth-order valence-corrected chi connectivity index (χ4v) is 4.49. The predicted octanol–water partition coefficient (Wildman–Crippen LogP) is 4.20. The molecule has 0 spiro atoms. The average molecular weight is 425 g/mol. The van der Waals surface area contributed by atoms with Crippen molar-refractivity contribution in [2.24, 2.45) is 4.99 Å². The fourth-order valence-electron chi connectivity index (χ4n) is 3.09. The minimum Gasteiger partial charge on any atom is -0.332 e. The summed E-state index contributed by atoms with van der Waals surface area (Å²) in [6.07, 6.45) is 4.23. The highest BCUT2D eigenvalue weighted by molar-refractivity contribution is 8.14. The number of hydrogen-bond donors (Lipinski definition) is 1. The molecule has 1 aliphatic heterocycles. The van der Waals surface area contributed by atoms with Crippen LogP contribution in [-0.4, -0.2) is 43.5 Å². The first-order valence-corrected chi connectivity index (χ1v) is 11.0. The molecule has 1 aromatic heterocycles. The van der Waals surface area contributed by atoms with E-state index in [1.54, 1.807) is 36.3 Å². The van der Waals surface area contributed by atoms with Crippen LogP contribution in [0.1, 0.15) is 43.6 Å². The predicted molar refractivity (Wildman–Crippen MR) is 123 cm³/mol. The first kappa shape index (κ1) is 21.2. The number of thioether (sulfide) groups is 1. The van der Waals surface area contributed by atoms with Gasteiger partial charge in [-0.1, -0.05) is 31.7 Å². The van der Waals surface area contributed by atoms with Gasteiger partial charge in [0.1, 0.15) is 0 Å². The lowest BCUT2D eigenvalue weighted by Crippen LogP contribution is -2.36. The van der Waals surface area contributed by atoms with Gasteiger partial charge in [-0.2, -0.15) is 5.26 Å². The molecule has 1 saturated heterocycles. The molecule has 0 amide bonds. The zero-order valence-electron chi connectivity index (χ0n) is 16.8. The molecule has 6 nitrogen and oxygen atoms in total. The summed E-state index contributed by atoms with van der Waals surface area (Å²) >= 11 is 7.31. The van der Waals surface area contributed by atoms with Crippen molar-refractivity contribution in [1.82, 2.24) is 14.9 Å². The van der Waals surface area contributed by atoms with Crippen LogP contribution in [0, 0.1) is 11.3 Å². The van der Waals surface area contributed by atoms with Crippen LogP contribution in [0.2, 0.25) is 0 Å². The first-order chi connectivity index (χ1) is 14.0. The number of rotatable bonds is 5. The molecule has 1 atom stereocenters. The lowest BCUT2D eigenvalue weighted by molar-refractivity contribution is 0.651. The molecule has 29 heavy (non-hydrogen) atoms. The van der Waals surface area contributed by atoms with E-state index in [1.807, 2.05) is 17.0 Å². The Hall–Kier alpha value is -2.50. The molecule has 2 heterocycles. The summed E-state index contributed by atoms with van der Waals surface area (Å²) in [5.41, 5.74) is 3.44. The molecule has 0 bridgehead atoms. The average Bonchev–Trinajstić information content (AvgIpc) is 3.16. The zero-order chi connectivity index (χ0) is 20.8. The molecule has 1 N–H and O–H groups in total. The number of amidine groups is 1. The molecule has 1 aromatic carbocycles. The summed E-state index contributed by atoms with van der Waals surface area (Å²) in [4.78, 5) is 15.9. The number of nitrogens with zero attached hydrogens (tertiary/aromatic N) is 5. The normalized spacial score (nSPS) is 16.1. The Kier molecular flexibility index (Phi) is 7.18. The number of hydrogen-bond acceptors (Lipinski definition) is 6. The van der Waals surface area contributed by atoms with Crippen molar-refractivity contribution in [2.75, 3.05) is 17.6 Å². The molecule has 1 unspecified atom stereocenters. The van der Waals surface area contributed by atoms with Crippen molar-refractivity contribution in [2.45, 2.75) is 39.2 Å². The van der Waals surface area contributed by atoms with Gasteiger partial charge in [0.05, 0.1) is 29.1 Å². The van der Waals surface area contributed by atoms with Crippen LogP contribution in [0.25, 0.3) is 0 Å². The molecule has 3 rings (SSSR count). The summed E-state index contributed by atoms with van der Waals surface area (Å²) in [5.74, 6) is 1.27. The third-order valence-electron chi connectivity index (χ3n) is 4.44. The van der Waals surface area contributed by atoms with Crippen LogP contribution in [0.5, 0.6) is 0 Å². The van der Waals surface area contributed by atoms with Gasteiger partial charge in [-0.3, -0.25) is 19.9 Å². The highest BCUT2D eigenvalue weighted by Crippen LogP contribution is 2.22. The van der Waals surface area contributed by atoms with Gasteiger partial charge in [-0.05, 0) is 43.3 Å². The van der Waals surface area contributed by atoms with E-state index in [1.165, 1.54) is 0 Å². The number of anilines is 1. The van der Waals surface area contributed by atoms with Crippen molar-refractivity contribution in [3.63, 3.8) is 0 Å². The molecule has 150 valence electrons. The van der Waals surface area contributed by atoms with Crippen LogP contribution in [0.3, 0.4) is 0 Å². The van der Waals surface area contributed by atoms with E-state index < -0.39 is 0 Å². The summed E-state index contributed by atoms with van der Waals surface area (Å²) < 4.78 is 0. The van der Waals surface area contributed by atoms with Gasteiger partial charge in [-0.25, -0.2) is 0 Å². The van der Waals surface area contributed by atoms with Crippen LogP contribution in [0.4, 0.5) is 5.69 Å². The molecule has 0 saturated carbocycles. The first-order valence-electron chi connectivity index (χ1n) is 9.57. The van der Waals surface area contributed by atoms with Crippen LogP contribution < -0.4 is 5.32 Å². The SMILES string of the molecule is CC(Cc1nccnc1C(C)C)/N=C1\SCCN1C(=S)Nc1cccc(C#N)c1. The molecule has 0 aliphatic carbocycles. The van der Waals surface area contributed by atoms with Gasteiger partial charge >= 0.3 is 0 Å². The number of nitriles is 1. The molecule has 2 aromatic rings.